The Morgan fingerprint density at radius 1 is 1.00 bits per heavy atom. The standard InChI is InChI=1S/C19H30N4O/c1-15-20-18(16-7-12-24-14-16)13-19(21-15)23-10-5-17(6-11-23)22-8-3-2-4-9-22/h13,16-17H,2-12,14H2,1H3/t16-/m0/s1. The minimum absolute atomic E-state index is 0.455. The molecule has 3 aliphatic heterocycles. The minimum Gasteiger partial charge on any atom is -0.381 e. The Morgan fingerprint density at radius 3 is 2.50 bits per heavy atom. The van der Waals surface area contributed by atoms with E-state index in [1.807, 2.05) is 6.92 Å². The number of hydrogen-bond acceptors (Lipinski definition) is 5. The van der Waals surface area contributed by atoms with Gasteiger partial charge in [-0.3, -0.25) is 0 Å². The molecular formula is C19H30N4O. The average Bonchev–Trinajstić information content (AvgIpc) is 3.17. The van der Waals surface area contributed by atoms with Gasteiger partial charge in [-0.15, -0.1) is 0 Å². The zero-order valence-corrected chi connectivity index (χ0v) is 14.9. The molecule has 5 heteroatoms. The van der Waals surface area contributed by atoms with E-state index in [4.69, 9.17) is 9.72 Å². The molecule has 0 aromatic carbocycles. The Morgan fingerprint density at radius 2 is 1.79 bits per heavy atom. The lowest BCUT2D eigenvalue weighted by Crippen LogP contribution is -2.47. The maximum absolute atomic E-state index is 5.54. The fourth-order valence-electron chi connectivity index (χ4n) is 4.46. The van der Waals surface area contributed by atoms with Crippen LogP contribution in [0.1, 0.15) is 56.0 Å². The summed E-state index contributed by atoms with van der Waals surface area (Å²) in [6.07, 6.45) is 7.82. The van der Waals surface area contributed by atoms with Gasteiger partial charge < -0.3 is 14.5 Å². The fourth-order valence-corrected chi connectivity index (χ4v) is 4.46. The average molecular weight is 330 g/mol. The lowest BCUT2D eigenvalue weighted by Gasteiger charge is -2.40. The first kappa shape index (κ1) is 16.3. The van der Waals surface area contributed by atoms with E-state index in [2.05, 4.69) is 20.9 Å². The van der Waals surface area contributed by atoms with Crippen LogP contribution in [-0.4, -0.2) is 60.3 Å². The maximum atomic E-state index is 5.54. The lowest BCUT2D eigenvalue weighted by molar-refractivity contribution is 0.141. The van der Waals surface area contributed by atoms with E-state index in [0.717, 1.165) is 50.4 Å². The highest BCUT2D eigenvalue weighted by Crippen LogP contribution is 2.28. The zero-order valence-electron chi connectivity index (χ0n) is 14.9. The van der Waals surface area contributed by atoms with Crippen molar-refractivity contribution in [2.24, 2.45) is 0 Å². The molecule has 1 aromatic rings. The van der Waals surface area contributed by atoms with Gasteiger partial charge in [-0.1, -0.05) is 6.42 Å². The van der Waals surface area contributed by atoms with Gasteiger partial charge in [0.05, 0.1) is 12.3 Å². The van der Waals surface area contributed by atoms with E-state index >= 15 is 0 Å². The van der Waals surface area contributed by atoms with Gasteiger partial charge in [-0.05, 0) is 52.1 Å². The summed E-state index contributed by atoms with van der Waals surface area (Å²) >= 11 is 0. The molecule has 0 amide bonds. The number of aromatic nitrogens is 2. The first-order chi connectivity index (χ1) is 11.8. The summed E-state index contributed by atoms with van der Waals surface area (Å²) in [5, 5.41) is 0. The van der Waals surface area contributed by atoms with Crippen molar-refractivity contribution in [2.75, 3.05) is 44.3 Å². The second-order valence-corrected chi connectivity index (χ2v) is 7.57. The number of nitrogens with zero attached hydrogens (tertiary/aromatic N) is 4. The monoisotopic (exact) mass is 330 g/mol. The molecular weight excluding hydrogens is 300 g/mol. The van der Waals surface area contributed by atoms with Crippen LogP contribution in [0.5, 0.6) is 0 Å². The van der Waals surface area contributed by atoms with Crippen LogP contribution in [0.2, 0.25) is 0 Å². The van der Waals surface area contributed by atoms with Gasteiger partial charge in [0, 0.05) is 37.7 Å². The van der Waals surface area contributed by atoms with Crippen molar-refractivity contribution >= 4 is 5.82 Å². The third-order valence-corrected chi connectivity index (χ3v) is 5.89. The van der Waals surface area contributed by atoms with E-state index in [1.54, 1.807) is 0 Å². The van der Waals surface area contributed by atoms with E-state index in [0.29, 0.717) is 5.92 Å². The summed E-state index contributed by atoms with van der Waals surface area (Å²) < 4.78 is 5.54. The molecule has 4 rings (SSSR count). The van der Waals surface area contributed by atoms with Crippen LogP contribution in [0.4, 0.5) is 5.82 Å². The van der Waals surface area contributed by atoms with E-state index in [1.165, 1.54) is 50.9 Å². The Balaban J connectivity index is 1.41. The first-order valence-corrected chi connectivity index (χ1v) is 9.72. The number of ether oxygens (including phenoxy) is 1. The number of aryl methyl sites for hydroxylation is 1. The van der Waals surface area contributed by atoms with Crippen LogP contribution >= 0.6 is 0 Å². The predicted molar refractivity (Wildman–Crippen MR) is 95.6 cm³/mol. The maximum Gasteiger partial charge on any atom is 0.132 e. The molecule has 1 atom stereocenters. The molecule has 0 bridgehead atoms. The predicted octanol–water partition coefficient (Wildman–Crippen LogP) is 2.74. The molecule has 1 aromatic heterocycles. The molecule has 0 N–H and O–H groups in total. The van der Waals surface area contributed by atoms with E-state index in [-0.39, 0.29) is 0 Å². The van der Waals surface area contributed by atoms with Gasteiger partial charge in [0.15, 0.2) is 0 Å². The molecule has 0 spiro atoms. The van der Waals surface area contributed by atoms with Crippen LogP contribution in [0, 0.1) is 6.92 Å². The van der Waals surface area contributed by atoms with Crippen LogP contribution in [-0.2, 0) is 4.74 Å². The van der Waals surface area contributed by atoms with Gasteiger partial charge in [0.25, 0.3) is 0 Å². The Labute approximate surface area is 145 Å². The molecule has 24 heavy (non-hydrogen) atoms. The normalized spacial score (nSPS) is 26.9. The SMILES string of the molecule is Cc1nc([C@H]2CCOC2)cc(N2CCC(N3CCCCC3)CC2)n1. The molecule has 132 valence electrons. The second kappa shape index (κ2) is 7.36. The molecule has 0 saturated carbocycles. The Bertz CT molecular complexity index is 544. The highest BCUT2D eigenvalue weighted by atomic mass is 16.5. The summed E-state index contributed by atoms with van der Waals surface area (Å²) in [6.45, 7) is 8.56. The zero-order chi connectivity index (χ0) is 16.4. The van der Waals surface area contributed by atoms with Crippen molar-refractivity contribution in [2.45, 2.75) is 57.4 Å². The molecule has 3 aliphatic rings. The van der Waals surface area contributed by atoms with Gasteiger partial charge in [0.2, 0.25) is 0 Å². The Hall–Kier alpha value is -1.20. The van der Waals surface area contributed by atoms with E-state index in [9.17, 15) is 0 Å². The molecule has 0 aliphatic carbocycles. The lowest BCUT2D eigenvalue weighted by atomic mass is 9.99. The summed E-state index contributed by atoms with van der Waals surface area (Å²) in [6, 6.07) is 3.00. The number of hydrogen-bond donors (Lipinski definition) is 0. The number of rotatable bonds is 3. The van der Waals surface area contributed by atoms with Crippen molar-refractivity contribution in [3.63, 3.8) is 0 Å². The van der Waals surface area contributed by atoms with Crippen molar-refractivity contribution in [1.29, 1.82) is 0 Å². The van der Waals surface area contributed by atoms with Crippen LogP contribution in [0.25, 0.3) is 0 Å². The molecule has 3 fully saturated rings. The van der Waals surface area contributed by atoms with Crippen LogP contribution in [0.3, 0.4) is 0 Å². The highest BCUT2D eigenvalue weighted by Gasteiger charge is 2.27. The summed E-state index contributed by atoms with van der Waals surface area (Å²) in [4.78, 5) is 14.6. The van der Waals surface area contributed by atoms with Crippen molar-refractivity contribution < 1.29 is 4.74 Å². The molecule has 0 unspecified atom stereocenters. The largest absolute Gasteiger partial charge is 0.381 e. The smallest absolute Gasteiger partial charge is 0.132 e. The van der Waals surface area contributed by atoms with Gasteiger partial charge in [-0.2, -0.15) is 0 Å². The van der Waals surface area contributed by atoms with Gasteiger partial charge >= 0.3 is 0 Å². The quantitative estimate of drug-likeness (QED) is 0.852. The fraction of sp³-hybridized carbons (Fsp3) is 0.789. The summed E-state index contributed by atoms with van der Waals surface area (Å²) in [7, 11) is 0. The summed E-state index contributed by atoms with van der Waals surface area (Å²) in [5.74, 6) is 2.48. The van der Waals surface area contributed by atoms with Crippen molar-refractivity contribution in [1.82, 2.24) is 14.9 Å². The number of likely N-dealkylation sites (tertiary alicyclic amines) is 1. The first-order valence-electron chi connectivity index (χ1n) is 9.72. The molecule has 0 radical (unpaired) electrons. The molecule has 4 heterocycles. The highest BCUT2D eigenvalue weighted by molar-refractivity contribution is 5.41. The third-order valence-electron chi connectivity index (χ3n) is 5.89. The van der Waals surface area contributed by atoms with Gasteiger partial charge in [0.1, 0.15) is 11.6 Å². The van der Waals surface area contributed by atoms with Crippen molar-refractivity contribution in [3.8, 4) is 0 Å². The number of piperidine rings is 2. The molecule has 5 nitrogen and oxygen atoms in total. The minimum atomic E-state index is 0.455. The topological polar surface area (TPSA) is 41.5 Å². The van der Waals surface area contributed by atoms with Gasteiger partial charge in [-0.25, -0.2) is 9.97 Å². The van der Waals surface area contributed by atoms with Crippen molar-refractivity contribution in [3.05, 3.63) is 17.6 Å². The van der Waals surface area contributed by atoms with Crippen LogP contribution < -0.4 is 4.90 Å². The van der Waals surface area contributed by atoms with Crippen LogP contribution in [0.15, 0.2) is 6.07 Å². The Kier molecular flexibility index (Phi) is 4.99. The van der Waals surface area contributed by atoms with E-state index < -0.39 is 0 Å². The third kappa shape index (κ3) is 3.57. The second-order valence-electron chi connectivity index (χ2n) is 7.57. The summed E-state index contributed by atoms with van der Waals surface area (Å²) in [5.41, 5.74) is 1.17. The molecule has 3 saturated heterocycles. The number of anilines is 1.